The van der Waals surface area contributed by atoms with Crippen LogP contribution in [0.5, 0.6) is 0 Å². The Hall–Kier alpha value is -13.5. The number of aromatic nitrogens is 2. The lowest BCUT2D eigenvalue weighted by molar-refractivity contribution is -0.137. The van der Waals surface area contributed by atoms with Crippen molar-refractivity contribution in [3.05, 3.63) is 272 Å². The quantitative estimate of drug-likeness (QED) is 0.147. The molecule has 0 atom stereocenters. The van der Waals surface area contributed by atoms with Crippen molar-refractivity contribution in [1.82, 2.24) is 9.13 Å². The molecule has 0 saturated heterocycles. The third kappa shape index (κ3) is 9.09. The molecule has 12 rings (SSSR count). The molecule has 0 aliphatic rings. The number of nitrogens with zero attached hydrogens (tertiary/aromatic N) is 12. The normalized spacial score (nSPS) is 10.8. The maximum atomic E-state index is 15.6. The van der Waals surface area contributed by atoms with Gasteiger partial charge in [0.2, 0.25) is 0 Å². The highest BCUT2D eigenvalue weighted by atomic mass is 19.4. The summed E-state index contributed by atoms with van der Waals surface area (Å²) in [6.07, 6.45) is -5.01. The van der Waals surface area contributed by atoms with Gasteiger partial charge >= 0.3 is 6.18 Å². The molecule has 0 spiro atoms. The first-order valence-electron chi connectivity index (χ1n) is 25.8. The van der Waals surface area contributed by atoms with Gasteiger partial charge in [-0.15, -0.1) is 0 Å². The van der Waals surface area contributed by atoms with E-state index < -0.39 is 17.3 Å². The fourth-order valence-electron chi connectivity index (χ4n) is 11.2. The van der Waals surface area contributed by atoms with Crippen molar-refractivity contribution in [2.75, 3.05) is 0 Å². The SMILES string of the molecule is [C-]#[N+]c1cc(C#N)cc(-c2ccc3c4ccc(-c5cc([N+]#[C-])cc([N+]#[C-])c5)cc4n(-c4cc([N+]#[C-])c(-c5ccc([N+]#[C-])cc5C(F)(F)F)cc4-n4c5cc(-c6cc(C#N)cc(C#N)c6)ccc5c5ccc(-c6cc(C#N)cc([N+]#[C-])c6)cc54)c3c2)c1. The second-order valence-corrected chi connectivity index (χ2v) is 19.9. The largest absolute Gasteiger partial charge is 0.415 e. The van der Waals surface area contributed by atoms with Gasteiger partial charge in [0, 0.05) is 32.7 Å². The fourth-order valence-corrected chi connectivity index (χ4v) is 11.2. The van der Waals surface area contributed by atoms with E-state index in [4.69, 9.17) is 39.4 Å². The molecule has 15 heteroatoms. The predicted molar refractivity (Wildman–Crippen MR) is 324 cm³/mol. The minimum absolute atomic E-state index is 0.140. The van der Waals surface area contributed by atoms with E-state index >= 15 is 13.2 Å². The Bertz CT molecular complexity index is 5100. The van der Waals surface area contributed by atoms with Crippen LogP contribution in [0.4, 0.5) is 47.3 Å². The Balaban J connectivity index is 1.30. The molecule has 0 amide bonds. The van der Waals surface area contributed by atoms with Crippen LogP contribution in [0.25, 0.3) is 140 Å². The van der Waals surface area contributed by atoms with Gasteiger partial charge in [0.25, 0.3) is 0 Å². The van der Waals surface area contributed by atoms with Crippen molar-refractivity contribution < 1.29 is 13.2 Å². The lowest BCUT2D eigenvalue weighted by Gasteiger charge is -2.22. The van der Waals surface area contributed by atoms with Crippen LogP contribution in [0.3, 0.4) is 0 Å². The Morgan fingerprint density at radius 2 is 0.663 bits per heavy atom. The summed E-state index contributed by atoms with van der Waals surface area (Å²) in [4.78, 5) is 21.8. The monoisotopic (exact) mass is 1110 g/mol. The van der Waals surface area contributed by atoms with Gasteiger partial charge in [-0.05, 0) is 153 Å². The van der Waals surface area contributed by atoms with Gasteiger partial charge in [0.1, 0.15) is 0 Å². The van der Waals surface area contributed by atoms with E-state index in [9.17, 15) is 21.0 Å². The molecule has 2 aromatic heterocycles. The summed E-state index contributed by atoms with van der Waals surface area (Å²) in [6, 6.07) is 56.1. The average Bonchev–Trinajstić information content (AvgIpc) is 1.59. The van der Waals surface area contributed by atoms with Gasteiger partial charge in [-0.2, -0.15) is 34.2 Å². The molecule has 12 aromatic rings. The number of fused-ring (bicyclic) bond motifs is 6. The number of rotatable bonds is 7. The molecule has 0 aliphatic heterocycles. The summed E-state index contributed by atoms with van der Waals surface area (Å²) in [6.45, 7) is 48.0. The predicted octanol–water partition coefficient (Wildman–Crippen LogP) is 20.0. The second-order valence-electron chi connectivity index (χ2n) is 19.9. The Labute approximate surface area is 488 Å². The maximum Gasteiger partial charge on any atom is 0.415 e. The zero-order valence-corrected chi connectivity index (χ0v) is 44.2. The van der Waals surface area contributed by atoms with Crippen LogP contribution in [0.1, 0.15) is 27.8 Å². The van der Waals surface area contributed by atoms with Crippen LogP contribution in [-0.2, 0) is 6.18 Å². The summed E-state index contributed by atoms with van der Waals surface area (Å²) in [5, 5.41) is 43.1. The molecule has 86 heavy (non-hydrogen) atoms. The minimum atomic E-state index is -5.01. The summed E-state index contributed by atoms with van der Waals surface area (Å²) in [5.41, 5.74) is 6.41. The molecule has 0 unspecified atom stereocenters. The number of benzene rings is 10. The highest BCUT2D eigenvalue weighted by Crippen LogP contribution is 2.49. The first-order chi connectivity index (χ1) is 41.7. The van der Waals surface area contributed by atoms with Crippen LogP contribution >= 0.6 is 0 Å². The zero-order valence-electron chi connectivity index (χ0n) is 44.2. The van der Waals surface area contributed by atoms with E-state index in [0.717, 1.165) is 6.07 Å². The van der Waals surface area contributed by atoms with Gasteiger partial charge in [-0.25, -0.2) is 29.1 Å². The Morgan fingerprint density at radius 3 is 1.02 bits per heavy atom. The Morgan fingerprint density at radius 1 is 0.314 bits per heavy atom. The summed E-state index contributed by atoms with van der Waals surface area (Å²) < 4.78 is 50.4. The van der Waals surface area contributed by atoms with Gasteiger partial charge in [0.05, 0.1) is 114 Å². The van der Waals surface area contributed by atoms with Gasteiger partial charge < -0.3 is 9.13 Å². The molecule has 394 valence electrons. The number of alkyl halides is 3. The molecular formula is C71H29F3N12. The van der Waals surface area contributed by atoms with Crippen molar-refractivity contribution in [2.45, 2.75) is 6.18 Å². The lowest BCUT2D eigenvalue weighted by Crippen LogP contribution is -2.08. The topological polar surface area (TPSA) is 131 Å². The number of hydrogen-bond acceptors (Lipinski definition) is 4. The second kappa shape index (κ2) is 20.9. The molecule has 0 radical (unpaired) electrons. The first kappa shape index (κ1) is 53.1. The van der Waals surface area contributed by atoms with Crippen molar-refractivity contribution in [1.29, 1.82) is 21.0 Å². The van der Waals surface area contributed by atoms with Crippen LogP contribution < -0.4 is 0 Å². The molecule has 12 nitrogen and oxygen atoms in total. The highest BCUT2D eigenvalue weighted by molar-refractivity contribution is 6.14. The van der Waals surface area contributed by atoms with Crippen molar-refractivity contribution in [3.63, 3.8) is 0 Å². The van der Waals surface area contributed by atoms with Crippen LogP contribution in [0.15, 0.2) is 176 Å². The molecule has 2 heterocycles. The lowest BCUT2D eigenvalue weighted by atomic mass is 9.95. The van der Waals surface area contributed by atoms with E-state index in [1.165, 1.54) is 48.5 Å². The van der Waals surface area contributed by atoms with Crippen molar-refractivity contribution in [3.8, 4) is 91.3 Å². The van der Waals surface area contributed by atoms with Gasteiger partial charge in [0.15, 0.2) is 34.1 Å². The minimum Gasteiger partial charge on any atom is -0.308 e. The third-order valence-electron chi connectivity index (χ3n) is 15.0. The molecule has 0 bridgehead atoms. The molecule has 0 N–H and O–H groups in total. The molecular weight excluding hydrogens is 1080 g/mol. The molecule has 0 aliphatic carbocycles. The van der Waals surface area contributed by atoms with Gasteiger partial charge in [-0.1, -0.05) is 78.9 Å². The van der Waals surface area contributed by atoms with E-state index in [2.05, 4.69) is 53.3 Å². The maximum absolute atomic E-state index is 15.6. The van der Waals surface area contributed by atoms with E-state index in [-0.39, 0.29) is 73.3 Å². The highest BCUT2D eigenvalue weighted by Gasteiger charge is 2.35. The van der Waals surface area contributed by atoms with Gasteiger partial charge in [-0.3, -0.25) is 0 Å². The number of hydrogen-bond donors (Lipinski definition) is 0. The summed E-state index contributed by atoms with van der Waals surface area (Å²) in [5.74, 6) is 0. The number of halogens is 3. The molecule has 0 fully saturated rings. The molecule has 10 aromatic carbocycles. The van der Waals surface area contributed by atoms with Crippen LogP contribution in [-0.4, -0.2) is 9.13 Å². The Kier molecular flexibility index (Phi) is 12.9. The van der Waals surface area contributed by atoms with E-state index in [1.54, 1.807) is 48.5 Å². The summed E-state index contributed by atoms with van der Waals surface area (Å²) in [7, 11) is 0. The standard InChI is InChI=1S/C71H29F3N12/c1-79-52-11-16-57(63(33-52)71(72,73)74)62-34-69(85-65-28-44(48-18-40(36-75)17-41(19-48)37-76)7-12-58(65)59-13-8-45(29-66(59)85)49-20-42(38-77)22-53(24-49)80-2)70(35-64(62)84-6)86-67-30-46(50-21-43(39-78)23-54(25-50)81-3)9-14-60(67)61-15-10-47(31-68(61)86)51-26-55(82-4)32-56(27-51)83-5/h7-35H. The van der Waals surface area contributed by atoms with E-state index in [0.29, 0.717) is 88.1 Å². The number of nitriles is 4. The smallest absolute Gasteiger partial charge is 0.308 e. The first-order valence-corrected chi connectivity index (χ1v) is 25.8. The third-order valence-corrected chi connectivity index (χ3v) is 15.0. The molecule has 0 saturated carbocycles. The summed E-state index contributed by atoms with van der Waals surface area (Å²) >= 11 is 0. The van der Waals surface area contributed by atoms with Crippen molar-refractivity contribution in [2.24, 2.45) is 0 Å². The van der Waals surface area contributed by atoms with E-state index in [1.807, 2.05) is 81.9 Å². The zero-order chi connectivity index (χ0) is 60.1. The fraction of sp³-hybridized carbons (Fsp3) is 0.0141. The average molecular weight is 1110 g/mol. The van der Waals surface area contributed by atoms with Crippen LogP contribution in [0, 0.1) is 84.8 Å². The van der Waals surface area contributed by atoms with Crippen LogP contribution in [0.2, 0.25) is 0 Å². The van der Waals surface area contributed by atoms with Crippen molar-refractivity contribution >= 4 is 77.7 Å².